The zero-order chi connectivity index (χ0) is 10.4. The smallest absolute Gasteiger partial charge is 0.354 e. The minimum atomic E-state index is -4.33. The van der Waals surface area contributed by atoms with Gasteiger partial charge in [0, 0.05) is 0 Å². The fraction of sp³-hybridized carbons (Fsp3) is 0.333. The van der Waals surface area contributed by atoms with E-state index in [1.54, 1.807) is 24.3 Å². The molecule has 0 amide bonds. The predicted molar refractivity (Wildman–Crippen MR) is 48.1 cm³/mol. The summed E-state index contributed by atoms with van der Waals surface area (Å²) in [7, 11) is 0. The number of anilines is 2. The van der Waals surface area contributed by atoms with Crippen LogP contribution in [0.4, 0.5) is 24.5 Å². The van der Waals surface area contributed by atoms with Gasteiger partial charge in [0.15, 0.2) is 0 Å². The number of benzene rings is 1. The first-order chi connectivity index (χ1) is 6.42. The molecule has 76 valence electrons. The Morgan fingerprint density at radius 3 is 1.86 bits per heavy atom. The van der Waals surface area contributed by atoms with Crippen molar-refractivity contribution in [3.8, 4) is 0 Å². The summed E-state index contributed by atoms with van der Waals surface area (Å²) in [5.74, 6) is 0. The van der Waals surface area contributed by atoms with E-state index in [9.17, 15) is 13.2 Å². The lowest BCUT2D eigenvalue weighted by molar-refractivity contribution is -0.164. The number of halogens is 3. The summed E-state index contributed by atoms with van der Waals surface area (Å²) in [6, 6.07) is 6.60. The van der Waals surface area contributed by atoms with Gasteiger partial charge in [-0.15, -0.1) is 0 Å². The molecule has 1 heterocycles. The average Bonchev–Trinajstić information content (AvgIpc) is 2.40. The molecule has 0 saturated heterocycles. The monoisotopic (exact) mass is 202 g/mol. The van der Waals surface area contributed by atoms with Crippen LogP contribution in [0.5, 0.6) is 0 Å². The third-order valence-electron chi connectivity index (χ3n) is 2.26. The molecule has 0 spiro atoms. The van der Waals surface area contributed by atoms with Crippen LogP contribution in [0.15, 0.2) is 24.3 Å². The number of para-hydroxylation sites is 2. The Kier molecular flexibility index (Phi) is 1.68. The summed E-state index contributed by atoms with van der Waals surface area (Å²) < 4.78 is 37.8. The van der Waals surface area contributed by atoms with Crippen molar-refractivity contribution in [2.75, 3.05) is 10.6 Å². The van der Waals surface area contributed by atoms with Crippen LogP contribution in [-0.2, 0) is 0 Å². The van der Waals surface area contributed by atoms with Crippen molar-refractivity contribution >= 4 is 11.4 Å². The second-order valence-electron chi connectivity index (χ2n) is 3.42. The molecule has 14 heavy (non-hydrogen) atoms. The van der Waals surface area contributed by atoms with E-state index < -0.39 is 11.8 Å². The number of hydrogen-bond acceptors (Lipinski definition) is 2. The standard InChI is InChI=1S/C9H9F3N2/c1-8(9(10,11)12)13-6-4-2-3-5-7(6)14-8/h2-5,13-14H,1H3. The predicted octanol–water partition coefficient (Wildman–Crippen LogP) is 2.80. The molecule has 2 nitrogen and oxygen atoms in total. The van der Waals surface area contributed by atoms with Crippen molar-refractivity contribution in [1.29, 1.82) is 0 Å². The van der Waals surface area contributed by atoms with Crippen molar-refractivity contribution in [1.82, 2.24) is 0 Å². The molecule has 0 fully saturated rings. The van der Waals surface area contributed by atoms with Gasteiger partial charge < -0.3 is 10.6 Å². The van der Waals surface area contributed by atoms with Gasteiger partial charge in [0.2, 0.25) is 5.66 Å². The van der Waals surface area contributed by atoms with Gasteiger partial charge in [0.25, 0.3) is 0 Å². The number of nitrogens with one attached hydrogen (secondary N) is 2. The van der Waals surface area contributed by atoms with Gasteiger partial charge in [-0.1, -0.05) is 12.1 Å². The molecular formula is C9H9F3N2. The molecule has 1 aliphatic rings. The molecule has 1 aliphatic heterocycles. The highest BCUT2D eigenvalue weighted by atomic mass is 19.4. The molecule has 2 N–H and O–H groups in total. The largest absolute Gasteiger partial charge is 0.429 e. The Morgan fingerprint density at radius 2 is 1.50 bits per heavy atom. The highest BCUT2D eigenvalue weighted by molar-refractivity contribution is 5.76. The molecule has 0 unspecified atom stereocenters. The lowest BCUT2D eigenvalue weighted by atomic mass is 10.2. The summed E-state index contributed by atoms with van der Waals surface area (Å²) in [5, 5.41) is 4.83. The lowest BCUT2D eigenvalue weighted by Crippen LogP contribution is -2.52. The van der Waals surface area contributed by atoms with E-state index >= 15 is 0 Å². The fourth-order valence-corrected chi connectivity index (χ4v) is 1.41. The van der Waals surface area contributed by atoms with Crippen LogP contribution >= 0.6 is 0 Å². The van der Waals surface area contributed by atoms with E-state index in [0.717, 1.165) is 6.92 Å². The Morgan fingerprint density at radius 1 is 1.07 bits per heavy atom. The average molecular weight is 202 g/mol. The highest BCUT2D eigenvalue weighted by Crippen LogP contribution is 2.41. The Hall–Kier alpha value is -1.39. The van der Waals surface area contributed by atoms with Crippen molar-refractivity contribution in [3.63, 3.8) is 0 Å². The van der Waals surface area contributed by atoms with Crippen LogP contribution in [0, 0.1) is 0 Å². The maximum atomic E-state index is 12.6. The van der Waals surface area contributed by atoms with Crippen LogP contribution in [0.2, 0.25) is 0 Å². The summed E-state index contributed by atoms with van der Waals surface area (Å²) in [4.78, 5) is 0. The molecule has 5 heteroatoms. The van der Waals surface area contributed by atoms with E-state index in [2.05, 4.69) is 10.6 Å². The number of rotatable bonds is 0. The normalized spacial score (nSPS) is 18.3. The quantitative estimate of drug-likeness (QED) is 0.676. The van der Waals surface area contributed by atoms with Gasteiger partial charge >= 0.3 is 6.18 Å². The van der Waals surface area contributed by atoms with Gasteiger partial charge in [0.05, 0.1) is 11.4 Å². The third kappa shape index (κ3) is 1.20. The molecule has 1 aromatic carbocycles. The highest BCUT2D eigenvalue weighted by Gasteiger charge is 2.54. The Labute approximate surface area is 79.1 Å². The van der Waals surface area contributed by atoms with E-state index in [1.807, 2.05) is 0 Å². The van der Waals surface area contributed by atoms with Gasteiger partial charge in [0.1, 0.15) is 0 Å². The van der Waals surface area contributed by atoms with Crippen molar-refractivity contribution in [2.24, 2.45) is 0 Å². The minimum Gasteiger partial charge on any atom is -0.354 e. The Bertz CT molecular complexity index is 334. The first-order valence-corrected chi connectivity index (χ1v) is 4.14. The second-order valence-corrected chi connectivity index (χ2v) is 3.42. The SMILES string of the molecule is CC1(C(F)(F)F)Nc2ccccc2N1. The molecule has 2 rings (SSSR count). The minimum absolute atomic E-state index is 0.479. The molecule has 0 bridgehead atoms. The zero-order valence-corrected chi connectivity index (χ0v) is 7.44. The van der Waals surface area contributed by atoms with Crippen LogP contribution in [0.25, 0.3) is 0 Å². The topological polar surface area (TPSA) is 24.1 Å². The molecule has 1 aromatic rings. The van der Waals surface area contributed by atoms with E-state index in [1.165, 1.54) is 0 Å². The fourth-order valence-electron chi connectivity index (χ4n) is 1.41. The number of fused-ring (bicyclic) bond motifs is 1. The maximum absolute atomic E-state index is 12.6. The molecule has 0 aromatic heterocycles. The first kappa shape index (κ1) is 9.18. The third-order valence-corrected chi connectivity index (χ3v) is 2.26. The molecular weight excluding hydrogens is 193 g/mol. The molecule has 0 atom stereocenters. The van der Waals surface area contributed by atoms with Crippen LogP contribution in [0.3, 0.4) is 0 Å². The van der Waals surface area contributed by atoms with Crippen molar-refractivity contribution in [3.05, 3.63) is 24.3 Å². The number of hydrogen-bond donors (Lipinski definition) is 2. The maximum Gasteiger partial charge on any atom is 0.429 e. The van der Waals surface area contributed by atoms with Crippen LogP contribution in [-0.4, -0.2) is 11.8 Å². The summed E-state index contributed by atoms with van der Waals surface area (Å²) in [6.45, 7) is 1.08. The molecule has 0 aliphatic carbocycles. The molecule has 0 saturated carbocycles. The summed E-state index contributed by atoms with van der Waals surface area (Å²) >= 11 is 0. The Balaban J connectivity index is 2.35. The van der Waals surface area contributed by atoms with Gasteiger partial charge in [-0.25, -0.2) is 0 Å². The lowest BCUT2D eigenvalue weighted by Gasteiger charge is -2.28. The van der Waals surface area contributed by atoms with E-state index in [-0.39, 0.29) is 0 Å². The first-order valence-electron chi connectivity index (χ1n) is 4.14. The second kappa shape index (κ2) is 2.56. The van der Waals surface area contributed by atoms with E-state index in [4.69, 9.17) is 0 Å². The van der Waals surface area contributed by atoms with Gasteiger partial charge in [-0.05, 0) is 19.1 Å². The van der Waals surface area contributed by atoms with Gasteiger partial charge in [-0.2, -0.15) is 13.2 Å². The molecule has 0 radical (unpaired) electrons. The number of alkyl halides is 3. The summed E-state index contributed by atoms with van der Waals surface area (Å²) in [6.07, 6.45) is -4.33. The zero-order valence-electron chi connectivity index (χ0n) is 7.44. The van der Waals surface area contributed by atoms with Crippen LogP contribution < -0.4 is 10.6 Å². The van der Waals surface area contributed by atoms with E-state index in [0.29, 0.717) is 11.4 Å². The van der Waals surface area contributed by atoms with Crippen molar-refractivity contribution in [2.45, 2.75) is 18.8 Å². The van der Waals surface area contributed by atoms with Crippen LogP contribution in [0.1, 0.15) is 6.92 Å². The summed E-state index contributed by atoms with van der Waals surface area (Å²) in [5.41, 5.74) is -1.10. The van der Waals surface area contributed by atoms with Crippen molar-refractivity contribution < 1.29 is 13.2 Å². The van der Waals surface area contributed by atoms with Gasteiger partial charge in [-0.3, -0.25) is 0 Å².